The molecule has 1 saturated carbocycles. The molecule has 3 N–H and O–H groups in total. The van der Waals surface area contributed by atoms with Crippen LogP contribution in [-0.2, 0) is 29.0 Å². The Morgan fingerprint density at radius 2 is 1.81 bits per heavy atom. The fourth-order valence-electron chi connectivity index (χ4n) is 9.71. The van der Waals surface area contributed by atoms with Crippen molar-refractivity contribution in [2.75, 3.05) is 56.5 Å². The molecular formula is C45H46ClF3N10O3. The highest BCUT2D eigenvalue weighted by atomic mass is 35.5. The molecular weight excluding hydrogens is 821 g/mol. The molecule has 62 heavy (non-hydrogen) atoms. The molecule has 3 saturated heterocycles. The molecule has 3 aromatic heterocycles. The monoisotopic (exact) mass is 866 g/mol. The zero-order valence-corrected chi connectivity index (χ0v) is 34.9. The van der Waals surface area contributed by atoms with Gasteiger partial charge >= 0.3 is 0 Å². The van der Waals surface area contributed by atoms with Gasteiger partial charge in [0, 0.05) is 81.1 Å². The second-order valence-electron chi connectivity index (χ2n) is 17.4. The first kappa shape index (κ1) is 40.5. The molecule has 10 rings (SSSR count). The lowest BCUT2D eigenvalue weighted by molar-refractivity contribution is -0.226. The zero-order valence-electron chi connectivity index (χ0n) is 34.1. The predicted molar refractivity (Wildman–Crippen MR) is 228 cm³/mol. The SMILES string of the molecule is CNc1cc(N2CCc3c(-c4ccc(CN5CC6(CCN(CCc7ccc(Cl)c(C8CCC(=O)NC8=O)c7)CC6(F)F)C5)cn4)cccc32)nn2c(C(=O)N[C@@H]3C[C@@H]3F)cnc12. The van der Waals surface area contributed by atoms with E-state index in [1.165, 1.54) is 10.7 Å². The minimum absolute atomic E-state index is 0.231. The van der Waals surface area contributed by atoms with Crippen LogP contribution in [0.25, 0.3) is 16.9 Å². The first-order chi connectivity index (χ1) is 29.9. The maximum Gasteiger partial charge on any atom is 0.271 e. The topological polar surface area (TPSA) is 140 Å². The van der Waals surface area contributed by atoms with Crippen LogP contribution in [-0.4, -0.2) is 112 Å². The van der Waals surface area contributed by atoms with Gasteiger partial charge in [-0.15, -0.1) is 5.10 Å². The van der Waals surface area contributed by atoms with Gasteiger partial charge in [0.2, 0.25) is 11.8 Å². The summed E-state index contributed by atoms with van der Waals surface area (Å²) in [4.78, 5) is 52.4. The van der Waals surface area contributed by atoms with E-state index in [9.17, 15) is 18.8 Å². The van der Waals surface area contributed by atoms with E-state index in [1.807, 2.05) is 53.6 Å². The number of aromatic nitrogens is 4. The van der Waals surface area contributed by atoms with Crippen molar-refractivity contribution in [2.45, 2.75) is 69.1 Å². The highest BCUT2D eigenvalue weighted by Gasteiger charge is 2.62. The molecule has 7 heterocycles. The minimum Gasteiger partial charge on any atom is -0.385 e. The summed E-state index contributed by atoms with van der Waals surface area (Å²) in [6.07, 6.45) is 4.92. The minimum atomic E-state index is -2.84. The Balaban J connectivity index is 0.762. The first-order valence-electron chi connectivity index (χ1n) is 21.2. The van der Waals surface area contributed by atoms with E-state index >= 15 is 8.78 Å². The fourth-order valence-corrected chi connectivity index (χ4v) is 9.96. The molecule has 1 unspecified atom stereocenters. The number of hydrogen-bond acceptors (Lipinski definition) is 10. The highest BCUT2D eigenvalue weighted by molar-refractivity contribution is 6.31. The average Bonchev–Trinajstić information content (AvgIpc) is 3.56. The van der Waals surface area contributed by atoms with Crippen LogP contribution in [0.4, 0.5) is 30.4 Å². The Hall–Kier alpha value is -5.58. The van der Waals surface area contributed by atoms with Gasteiger partial charge in [0.05, 0.1) is 41.5 Å². The molecule has 2 aromatic carbocycles. The van der Waals surface area contributed by atoms with Crippen LogP contribution in [0.2, 0.25) is 5.02 Å². The molecule has 4 aliphatic heterocycles. The molecule has 0 bridgehead atoms. The summed E-state index contributed by atoms with van der Waals surface area (Å²) >= 11 is 6.44. The predicted octanol–water partition coefficient (Wildman–Crippen LogP) is 5.93. The second-order valence-corrected chi connectivity index (χ2v) is 17.8. The van der Waals surface area contributed by atoms with Gasteiger partial charge < -0.3 is 15.5 Å². The van der Waals surface area contributed by atoms with Crippen molar-refractivity contribution in [2.24, 2.45) is 5.41 Å². The lowest BCUT2D eigenvalue weighted by Crippen LogP contribution is -2.69. The Labute approximate surface area is 361 Å². The van der Waals surface area contributed by atoms with Gasteiger partial charge in [-0.25, -0.2) is 22.7 Å². The molecule has 3 atom stereocenters. The number of fused-ring (bicyclic) bond motifs is 2. The molecule has 1 aliphatic carbocycles. The van der Waals surface area contributed by atoms with Gasteiger partial charge in [-0.2, -0.15) is 0 Å². The van der Waals surface area contributed by atoms with Crippen molar-refractivity contribution < 1.29 is 27.6 Å². The van der Waals surface area contributed by atoms with Crippen LogP contribution in [0.15, 0.2) is 67.0 Å². The zero-order chi connectivity index (χ0) is 42.9. The number of alkyl halides is 3. The first-order valence-corrected chi connectivity index (χ1v) is 21.6. The van der Waals surface area contributed by atoms with Gasteiger partial charge in [0.25, 0.3) is 11.8 Å². The Morgan fingerprint density at radius 3 is 2.55 bits per heavy atom. The number of amides is 3. The largest absolute Gasteiger partial charge is 0.385 e. The van der Waals surface area contributed by atoms with Crippen LogP contribution < -0.4 is 20.9 Å². The normalized spacial score (nSPS) is 23.0. The lowest BCUT2D eigenvalue weighted by Gasteiger charge is -2.57. The number of carbonyl (C=O) groups is 3. The van der Waals surface area contributed by atoms with Crippen LogP contribution >= 0.6 is 11.6 Å². The van der Waals surface area contributed by atoms with Crippen molar-refractivity contribution >= 4 is 52.2 Å². The van der Waals surface area contributed by atoms with Crippen molar-refractivity contribution in [3.63, 3.8) is 0 Å². The van der Waals surface area contributed by atoms with Gasteiger partial charge in [-0.3, -0.25) is 34.5 Å². The van der Waals surface area contributed by atoms with E-state index in [2.05, 4.69) is 36.8 Å². The summed E-state index contributed by atoms with van der Waals surface area (Å²) in [6, 6.07) is 17.0. The van der Waals surface area contributed by atoms with Crippen LogP contribution in [0.5, 0.6) is 0 Å². The maximum absolute atomic E-state index is 15.9. The van der Waals surface area contributed by atoms with E-state index in [1.54, 1.807) is 13.1 Å². The molecule has 17 heteroatoms. The maximum atomic E-state index is 15.9. The van der Waals surface area contributed by atoms with E-state index < -0.39 is 35.4 Å². The number of imide groups is 1. The number of halogens is 4. The number of piperidine rings is 2. The van der Waals surface area contributed by atoms with Crippen LogP contribution in [0.1, 0.15) is 64.3 Å². The number of nitrogens with one attached hydrogen (secondary N) is 3. The van der Waals surface area contributed by atoms with Crippen molar-refractivity contribution in [3.8, 4) is 11.3 Å². The quantitative estimate of drug-likeness (QED) is 0.137. The summed E-state index contributed by atoms with van der Waals surface area (Å²) in [5.41, 5.74) is 6.83. The van der Waals surface area contributed by atoms with Gasteiger partial charge in [0.1, 0.15) is 6.17 Å². The Morgan fingerprint density at radius 1 is 0.984 bits per heavy atom. The number of nitrogens with zero attached hydrogens (tertiary/aromatic N) is 7. The number of anilines is 3. The number of likely N-dealkylation sites (tertiary alicyclic amines) is 2. The summed E-state index contributed by atoms with van der Waals surface area (Å²) in [5.74, 6) is -3.78. The number of pyridine rings is 1. The van der Waals surface area contributed by atoms with Gasteiger partial charge in [0.15, 0.2) is 17.2 Å². The van der Waals surface area contributed by atoms with E-state index in [4.69, 9.17) is 21.7 Å². The van der Waals surface area contributed by atoms with Crippen LogP contribution in [0.3, 0.4) is 0 Å². The van der Waals surface area contributed by atoms with E-state index in [-0.39, 0.29) is 30.5 Å². The van der Waals surface area contributed by atoms with Gasteiger partial charge in [-0.05, 0) is 72.7 Å². The molecule has 3 amide bonds. The Kier molecular flexibility index (Phi) is 10.2. The third-order valence-corrected chi connectivity index (χ3v) is 13.7. The number of rotatable bonds is 11. The number of imidazole rings is 1. The standard InChI is InChI=1S/C45H46ClF3N10O3/c1-50-36-19-39(55-59-38(21-52-41(36)59)43(62)53-35-18-33(35)47)58-15-12-29-28(3-2-4-37(29)58)34-9-6-27(20-51-34)22-57-23-44(24-57)13-16-56(25-45(44,48)49)14-11-26-5-8-32(46)31(17-26)30-7-10-40(60)54-42(30)61/h2-6,8-9,17,19-21,30,33,35,50H,7,10-16,18,22-25H2,1H3,(H,53,62)(H,54,60,61)/t30?,33-,35+/m0/s1. The van der Waals surface area contributed by atoms with E-state index in [0.29, 0.717) is 92.7 Å². The summed E-state index contributed by atoms with van der Waals surface area (Å²) < 4.78 is 46.9. The molecule has 322 valence electrons. The summed E-state index contributed by atoms with van der Waals surface area (Å²) in [6.45, 7) is 2.58. The third-order valence-electron chi connectivity index (χ3n) is 13.3. The smallest absolute Gasteiger partial charge is 0.271 e. The van der Waals surface area contributed by atoms with Crippen LogP contribution in [0, 0.1) is 5.41 Å². The average molecular weight is 867 g/mol. The van der Waals surface area contributed by atoms with E-state index in [0.717, 1.165) is 40.1 Å². The molecule has 4 fully saturated rings. The van der Waals surface area contributed by atoms with Gasteiger partial charge in [-0.1, -0.05) is 41.9 Å². The van der Waals surface area contributed by atoms with Crippen molar-refractivity contribution in [3.05, 3.63) is 100.0 Å². The summed E-state index contributed by atoms with van der Waals surface area (Å²) in [7, 11) is 1.78. The molecule has 13 nitrogen and oxygen atoms in total. The molecule has 0 radical (unpaired) electrons. The highest BCUT2D eigenvalue weighted by Crippen LogP contribution is 2.50. The fraction of sp³-hybridized carbons (Fsp3) is 0.422. The third kappa shape index (κ3) is 7.34. The number of carbonyl (C=O) groups excluding carboxylic acids is 3. The Bertz CT molecular complexity index is 2600. The lowest BCUT2D eigenvalue weighted by atomic mass is 9.69. The van der Waals surface area contributed by atoms with Crippen molar-refractivity contribution in [1.82, 2.24) is 40.0 Å². The second kappa shape index (κ2) is 15.6. The van der Waals surface area contributed by atoms with Crippen molar-refractivity contribution in [1.29, 1.82) is 0 Å². The molecule has 5 aromatic rings. The summed E-state index contributed by atoms with van der Waals surface area (Å²) in [5, 5.41) is 13.6. The number of hydrogen-bond donors (Lipinski definition) is 3. The molecule has 1 spiro atoms. The molecule has 5 aliphatic rings. The number of benzene rings is 2.